The van der Waals surface area contributed by atoms with Gasteiger partial charge < -0.3 is 10.2 Å². The Bertz CT molecular complexity index is 258. The lowest BCUT2D eigenvalue weighted by molar-refractivity contribution is 0.329. The van der Waals surface area contributed by atoms with Crippen LogP contribution in [0.1, 0.15) is 12.8 Å². The zero-order valence-electron chi connectivity index (χ0n) is 8.69. The van der Waals surface area contributed by atoms with E-state index in [4.69, 9.17) is 10.2 Å². The van der Waals surface area contributed by atoms with Crippen LogP contribution in [-0.4, -0.2) is 23.4 Å². The van der Waals surface area contributed by atoms with Gasteiger partial charge in [0.1, 0.15) is 0 Å². The molecule has 0 saturated heterocycles. The molecule has 0 amide bonds. The van der Waals surface area contributed by atoms with Gasteiger partial charge in [0.2, 0.25) is 0 Å². The molecule has 2 N–H and O–H groups in total. The Morgan fingerprint density at radius 1 is 0.867 bits per heavy atom. The highest BCUT2D eigenvalue weighted by Gasteiger charge is 1.93. The van der Waals surface area contributed by atoms with Crippen LogP contribution in [0.4, 0.5) is 0 Å². The van der Waals surface area contributed by atoms with Crippen molar-refractivity contribution in [1.29, 1.82) is 0 Å². The smallest absolute Gasteiger partial charge is 0.0647 e. The summed E-state index contributed by atoms with van der Waals surface area (Å²) in [4.78, 5) is 0. The average molecular weight is 226 g/mol. The first kappa shape index (κ1) is 14.2. The molecule has 84 valence electrons. The van der Waals surface area contributed by atoms with Gasteiger partial charge >= 0.3 is 0 Å². The SMILES string of the molecule is OCC1=CC=CC1.OCC1=CC=CC1.S. The first-order valence-corrected chi connectivity index (χ1v) is 4.77. The van der Waals surface area contributed by atoms with E-state index in [1.54, 1.807) is 0 Å². The molecule has 2 aliphatic carbocycles. The third-order valence-electron chi connectivity index (χ3n) is 2.10. The number of hydrogen-bond acceptors (Lipinski definition) is 2. The molecule has 0 aromatic heterocycles. The maximum absolute atomic E-state index is 8.46. The normalized spacial score (nSPS) is 16.4. The Morgan fingerprint density at radius 3 is 1.40 bits per heavy atom. The van der Waals surface area contributed by atoms with Crippen molar-refractivity contribution in [1.82, 2.24) is 0 Å². The molecule has 0 unspecified atom stereocenters. The fraction of sp³-hybridized carbons (Fsp3) is 0.333. The summed E-state index contributed by atoms with van der Waals surface area (Å²) in [6.07, 6.45) is 13.8. The van der Waals surface area contributed by atoms with Crippen LogP contribution in [0.25, 0.3) is 0 Å². The molecule has 2 aliphatic rings. The summed E-state index contributed by atoms with van der Waals surface area (Å²) in [6.45, 7) is 0.431. The van der Waals surface area contributed by atoms with Crippen LogP contribution in [0.15, 0.2) is 47.6 Å². The summed E-state index contributed by atoms with van der Waals surface area (Å²) < 4.78 is 0. The molecule has 0 saturated carbocycles. The van der Waals surface area contributed by atoms with E-state index in [-0.39, 0.29) is 26.7 Å². The standard InChI is InChI=1S/2C6H8O.H2S/c2*7-5-6-3-1-2-4-6;/h2*1-3,7H,4-5H2;1H2. The molecule has 0 aliphatic heterocycles. The van der Waals surface area contributed by atoms with E-state index < -0.39 is 0 Å². The summed E-state index contributed by atoms with van der Waals surface area (Å²) in [5.74, 6) is 0. The summed E-state index contributed by atoms with van der Waals surface area (Å²) >= 11 is 0. The number of rotatable bonds is 2. The first-order chi connectivity index (χ1) is 6.86. The minimum absolute atomic E-state index is 0. The van der Waals surface area contributed by atoms with E-state index in [1.807, 2.05) is 36.5 Å². The van der Waals surface area contributed by atoms with Crippen LogP contribution in [0.3, 0.4) is 0 Å². The Hall–Kier alpha value is -0.770. The molecule has 0 aromatic rings. The lowest BCUT2D eigenvalue weighted by atomic mass is 10.3. The van der Waals surface area contributed by atoms with E-state index in [0.29, 0.717) is 0 Å². The molecule has 2 rings (SSSR count). The van der Waals surface area contributed by atoms with Gasteiger partial charge in [-0.25, -0.2) is 0 Å². The minimum Gasteiger partial charge on any atom is -0.392 e. The van der Waals surface area contributed by atoms with Gasteiger partial charge in [0.15, 0.2) is 0 Å². The molecule has 0 spiro atoms. The van der Waals surface area contributed by atoms with Gasteiger partial charge in [-0.3, -0.25) is 0 Å². The van der Waals surface area contributed by atoms with Crippen molar-refractivity contribution in [3.8, 4) is 0 Å². The second kappa shape index (κ2) is 8.53. The zero-order valence-corrected chi connectivity index (χ0v) is 9.69. The number of allylic oxidation sites excluding steroid dienone is 6. The third kappa shape index (κ3) is 5.62. The molecule has 15 heavy (non-hydrogen) atoms. The molecule has 3 heteroatoms. The number of aliphatic hydroxyl groups excluding tert-OH is 2. The quantitative estimate of drug-likeness (QED) is 0.754. The summed E-state index contributed by atoms with van der Waals surface area (Å²) in [5, 5.41) is 16.9. The number of hydrogen-bond donors (Lipinski definition) is 2. The van der Waals surface area contributed by atoms with Gasteiger partial charge in [0.05, 0.1) is 13.2 Å². The van der Waals surface area contributed by atoms with Crippen molar-refractivity contribution in [3.63, 3.8) is 0 Å². The molecule has 0 radical (unpaired) electrons. The van der Waals surface area contributed by atoms with Gasteiger partial charge in [0.25, 0.3) is 0 Å². The van der Waals surface area contributed by atoms with Crippen molar-refractivity contribution >= 4 is 13.5 Å². The topological polar surface area (TPSA) is 40.5 Å². The number of aliphatic hydroxyl groups is 2. The molecule has 0 fully saturated rings. The third-order valence-corrected chi connectivity index (χ3v) is 2.10. The van der Waals surface area contributed by atoms with Crippen LogP contribution >= 0.6 is 13.5 Å². The Labute approximate surface area is 97.8 Å². The molecule has 0 atom stereocenters. The predicted octanol–water partition coefficient (Wildman–Crippen LogP) is 1.84. The molecular formula is C12H18O2S. The van der Waals surface area contributed by atoms with Crippen molar-refractivity contribution in [2.75, 3.05) is 13.2 Å². The zero-order chi connectivity index (χ0) is 10.2. The second-order valence-electron chi connectivity index (χ2n) is 3.23. The summed E-state index contributed by atoms with van der Waals surface area (Å²) in [6, 6.07) is 0. The maximum Gasteiger partial charge on any atom is 0.0647 e. The predicted molar refractivity (Wildman–Crippen MR) is 68.2 cm³/mol. The van der Waals surface area contributed by atoms with Crippen molar-refractivity contribution in [3.05, 3.63) is 47.6 Å². The van der Waals surface area contributed by atoms with Gasteiger partial charge in [0, 0.05) is 0 Å². The minimum atomic E-state index is 0. The summed E-state index contributed by atoms with van der Waals surface area (Å²) in [5.41, 5.74) is 2.22. The van der Waals surface area contributed by atoms with Gasteiger partial charge in [-0.05, 0) is 24.0 Å². The molecule has 0 heterocycles. The van der Waals surface area contributed by atoms with E-state index in [0.717, 1.165) is 24.0 Å². The van der Waals surface area contributed by atoms with Crippen LogP contribution in [0, 0.1) is 0 Å². The summed E-state index contributed by atoms with van der Waals surface area (Å²) in [7, 11) is 0. The fourth-order valence-electron chi connectivity index (χ4n) is 1.22. The Kier molecular flexibility index (Phi) is 8.09. The van der Waals surface area contributed by atoms with Crippen molar-refractivity contribution in [2.45, 2.75) is 12.8 Å². The van der Waals surface area contributed by atoms with Crippen LogP contribution in [0.5, 0.6) is 0 Å². The molecule has 2 nitrogen and oxygen atoms in total. The average Bonchev–Trinajstić information content (AvgIpc) is 2.92. The monoisotopic (exact) mass is 226 g/mol. The molecule has 0 bridgehead atoms. The van der Waals surface area contributed by atoms with E-state index in [2.05, 4.69) is 0 Å². The lowest BCUT2D eigenvalue weighted by Gasteiger charge is -1.88. The van der Waals surface area contributed by atoms with E-state index in [9.17, 15) is 0 Å². The first-order valence-electron chi connectivity index (χ1n) is 4.77. The molecule has 0 aromatic carbocycles. The maximum atomic E-state index is 8.46. The lowest BCUT2D eigenvalue weighted by Crippen LogP contribution is -1.82. The van der Waals surface area contributed by atoms with Crippen LogP contribution in [-0.2, 0) is 0 Å². The van der Waals surface area contributed by atoms with E-state index in [1.165, 1.54) is 0 Å². The largest absolute Gasteiger partial charge is 0.392 e. The van der Waals surface area contributed by atoms with Gasteiger partial charge in [-0.2, -0.15) is 13.5 Å². The second-order valence-corrected chi connectivity index (χ2v) is 3.23. The highest BCUT2D eigenvalue weighted by atomic mass is 32.1. The highest BCUT2D eigenvalue weighted by Crippen LogP contribution is 2.08. The van der Waals surface area contributed by atoms with Gasteiger partial charge in [-0.15, -0.1) is 0 Å². The Morgan fingerprint density at radius 2 is 1.27 bits per heavy atom. The van der Waals surface area contributed by atoms with Gasteiger partial charge in [-0.1, -0.05) is 36.5 Å². The molecular weight excluding hydrogens is 208 g/mol. The van der Waals surface area contributed by atoms with Crippen molar-refractivity contribution < 1.29 is 10.2 Å². The van der Waals surface area contributed by atoms with Crippen LogP contribution < -0.4 is 0 Å². The fourth-order valence-corrected chi connectivity index (χ4v) is 1.22. The van der Waals surface area contributed by atoms with Crippen LogP contribution in [0.2, 0.25) is 0 Å². The van der Waals surface area contributed by atoms with E-state index >= 15 is 0 Å². The Balaban J connectivity index is 0.000000245. The highest BCUT2D eigenvalue weighted by molar-refractivity contribution is 7.59. The van der Waals surface area contributed by atoms with Crippen molar-refractivity contribution in [2.24, 2.45) is 0 Å².